The number of hydrogen-bond donors (Lipinski definition) is 2. The predicted molar refractivity (Wildman–Crippen MR) is 136 cm³/mol. The van der Waals surface area contributed by atoms with E-state index in [-0.39, 0.29) is 28.6 Å². The van der Waals surface area contributed by atoms with E-state index in [0.717, 1.165) is 23.5 Å². The Morgan fingerprint density at radius 3 is 2.59 bits per heavy atom. The molecule has 0 spiro atoms. The quantitative estimate of drug-likeness (QED) is 0.289. The number of hydrogen-bond acceptors (Lipinski definition) is 5. The zero-order valence-electron chi connectivity index (χ0n) is 18.7. The van der Waals surface area contributed by atoms with Crippen LogP contribution >= 0.6 is 22.6 Å². The van der Waals surface area contributed by atoms with E-state index in [0.29, 0.717) is 32.8 Å². The molecule has 7 nitrogen and oxygen atoms in total. The SMILES string of the molecule is Cc1c(Oc2cc(=O)n(C)c(Nc3ccc(I)cc3F)c2C(N)=O)cccc1C(=O)CC1CC1. The van der Waals surface area contributed by atoms with Crippen molar-refractivity contribution in [2.24, 2.45) is 18.7 Å². The fraction of sp³-hybridized carbons (Fsp3) is 0.240. The molecule has 1 aliphatic carbocycles. The molecule has 0 bridgehead atoms. The molecule has 1 aromatic heterocycles. The first-order valence-electron chi connectivity index (χ1n) is 10.7. The lowest BCUT2D eigenvalue weighted by molar-refractivity contribution is 0.0971. The van der Waals surface area contributed by atoms with E-state index in [1.54, 1.807) is 31.2 Å². The summed E-state index contributed by atoms with van der Waals surface area (Å²) in [5.74, 6) is -0.723. The van der Waals surface area contributed by atoms with Gasteiger partial charge < -0.3 is 15.8 Å². The van der Waals surface area contributed by atoms with Gasteiger partial charge in [0.2, 0.25) is 0 Å². The van der Waals surface area contributed by atoms with Crippen LogP contribution in [0.25, 0.3) is 0 Å². The topological polar surface area (TPSA) is 103 Å². The maximum atomic E-state index is 14.5. The van der Waals surface area contributed by atoms with Crippen molar-refractivity contribution in [1.29, 1.82) is 0 Å². The van der Waals surface area contributed by atoms with Crippen molar-refractivity contribution in [2.75, 3.05) is 5.32 Å². The van der Waals surface area contributed by atoms with Gasteiger partial charge >= 0.3 is 0 Å². The third kappa shape index (κ3) is 4.98. The molecule has 0 unspecified atom stereocenters. The minimum Gasteiger partial charge on any atom is -0.456 e. The minimum absolute atomic E-state index is 0.00581. The van der Waals surface area contributed by atoms with Gasteiger partial charge in [-0.2, -0.15) is 0 Å². The Morgan fingerprint density at radius 1 is 1.21 bits per heavy atom. The van der Waals surface area contributed by atoms with Gasteiger partial charge in [0.05, 0.1) is 5.69 Å². The van der Waals surface area contributed by atoms with Gasteiger partial charge in [0.1, 0.15) is 28.7 Å². The molecular weight excluding hydrogens is 552 g/mol. The maximum absolute atomic E-state index is 14.5. The maximum Gasteiger partial charge on any atom is 0.256 e. The molecule has 1 heterocycles. The molecule has 0 atom stereocenters. The number of Topliss-reactive ketones (excluding diaryl/α,β-unsaturated/α-hetero) is 1. The van der Waals surface area contributed by atoms with Crippen LogP contribution in [-0.2, 0) is 7.05 Å². The number of benzene rings is 2. The summed E-state index contributed by atoms with van der Waals surface area (Å²) in [6, 6.07) is 10.7. The second-order valence-corrected chi connectivity index (χ2v) is 9.59. The number of aromatic nitrogens is 1. The van der Waals surface area contributed by atoms with Gasteiger partial charge in [-0.3, -0.25) is 19.0 Å². The molecule has 0 radical (unpaired) electrons. The van der Waals surface area contributed by atoms with Crippen LogP contribution in [-0.4, -0.2) is 16.3 Å². The van der Waals surface area contributed by atoms with E-state index >= 15 is 0 Å². The number of ketones is 1. The summed E-state index contributed by atoms with van der Waals surface area (Å²) in [4.78, 5) is 37.8. The third-order valence-electron chi connectivity index (χ3n) is 5.81. The number of pyridine rings is 1. The monoisotopic (exact) mass is 575 g/mol. The molecular formula is C25H23FIN3O4. The highest BCUT2D eigenvalue weighted by Gasteiger charge is 2.27. The number of halogens is 2. The molecule has 34 heavy (non-hydrogen) atoms. The van der Waals surface area contributed by atoms with Crippen molar-refractivity contribution < 1.29 is 18.7 Å². The highest BCUT2D eigenvalue weighted by Crippen LogP contribution is 2.36. The van der Waals surface area contributed by atoms with Crippen LogP contribution in [0.15, 0.2) is 47.3 Å². The summed E-state index contributed by atoms with van der Waals surface area (Å²) in [5, 5.41) is 2.81. The number of primary amides is 1. The summed E-state index contributed by atoms with van der Waals surface area (Å²) >= 11 is 1.98. The Hall–Kier alpha value is -3.21. The third-order valence-corrected chi connectivity index (χ3v) is 6.48. The fourth-order valence-electron chi connectivity index (χ4n) is 3.70. The van der Waals surface area contributed by atoms with Gasteiger partial charge in [0.15, 0.2) is 5.78 Å². The van der Waals surface area contributed by atoms with Crippen LogP contribution in [0.3, 0.4) is 0 Å². The largest absolute Gasteiger partial charge is 0.456 e. The van der Waals surface area contributed by atoms with E-state index in [1.807, 2.05) is 22.6 Å². The van der Waals surface area contributed by atoms with Crippen LogP contribution in [0.2, 0.25) is 0 Å². The average Bonchev–Trinajstić information content (AvgIpc) is 3.58. The van der Waals surface area contributed by atoms with E-state index in [2.05, 4.69) is 5.32 Å². The Kier molecular flexibility index (Phi) is 6.74. The zero-order chi connectivity index (χ0) is 24.6. The smallest absolute Gasteiger partial charge is 0.256 e. The molecule has 1 saturated carbocycles. The Morgan fingerprint density at radius 2 is 1.94 bits per heavy atom. The number of nitrogens with one attached hydrogen (secondary N) is 1. The molecule has 3 aromatic rings. The zero-order valence-corrected chi connectivity index (χ0v) is 20.8. The molecule has 1 fully saturated rings. The number of carbonyl (C=O) groups is 2. The normalized spacial score (nSPS) is 12.9. The average molecular weight is 575 g/mol. The Bertz CT molecular complexity index is 1360. The molecule has 0 saturated heterocycles. The molecule has 0 aliphatic heterocycles. The van der Waals surface area contributed by atoms with Gasteiger partial charge in [-0.1, -0.05) is 12.1 Å². The van der Waals surface area contributed by atoms with Crippen molar-refractivity contribution in [3.63, 3.8) is 0 Å². The molecule has 4 rings (SSSR count). The first kappa shape index (κ1) is 23.9. The predicted octanol–water partition coefficient (Wildman–Crippen LogP) is 5.06. The van der Waals surface area contributed by atoms with Crippen LogP contribution in [0, 0.1) is 22.2 Å². The van der Waals surface area contributed by atoms with Crippen molar-refractivity contribution in [2.45, 2.75) is 26.2 Å². The van der Waals surface area contributed by atoms with E-state index in [9.17, 15) is 18.8 Å². The minimum atomic E-state index is -0.863. The standard InChI is InChI=1S/C25H23FIN3O4/c1-13-16(19(31)10-14-6-7-14)4-3-5-20(13)34-21-12-22(32)30(2)25(23(21)24(28)33)29-18-9-8-15(27)11-17(18)26/h3-5,8-9,11-12,14,29H,6-7,10H2,1-2H3,(H2,28,33). The molecule has 3 N–H and O–H groups in total. The van der Waals surface area contributed by atoms with Crippen molar-refractivity contribution in [3.05, 3.63) is 78.9 Å². The number of carbonyl (C=O) groups excluding carboxylic acids is 2. The van der Waals surface area contributed by atoms with Gasteiger partial charge in [-0.05, 0) is 72.5 Å². The lowest BCUT2D eigenvalue weighted by atomic mass is 10.00. The van der Waals surface area contributed by atoms with E-state index in [1.165, 1.54) is 19.2 Å². The van der Waals surface area contributed by atoms with E-state index < -0.39 is 17.3 Å². The van der Waals surface area contributed by atoms with Crippen LogP contribution in [0.1, 0.15) is 45.5 Å². The highest BCUT2D eigenvalue weighted by atomic mass is 127. The second kappa shape index (κ2) is 9.57. The Balaban J connectivity index is 1.76. The molecule has 1 amide bonds. The van der Waals surface area contributed by atoms with Crippen molar-refractivity contribution >= 4 is 45.8 Å². The first-order valence-corrected chi connectivity index (χ1v) is 11.8. The summed E-state index contributed by atoms with van der Waals surface area (Å²) < 4.78 is 22.3. The van der Waals surface area contributed by atoms with Crippen LogP contribution < -0.4 is 21.3 Å². The van der Waals surface area contributed by atoms with Gasteiger partial charge in [0.25, 0.3) is 11.5 Å². The second-order valence-electron chi connectivity index (χ2n) is 8.34. The molecule has 1 aliphatic rings. The first-order chi connectivity index (χ1) is 16.2. The van der Waals surface area contributed by atoms with E-state index in [4.69, 9.17) is 10.5 Å². The van der Waals surface area contributed by atoms with Crippen molar-refractivity contribution in [3.8, 4) is 11.5 Å². The number of nitrogens with two attached hydrogens (primary N) is 1. The molecule has 9 heteroatoms. The number of ether oxygens (including phenoxy) is 1. The number of amides is 1. The summed E-state index contributed by atoms with van der Waals surface area (Å²) in [5.41, 5.74) is 6.25. The number of nitrogens with zero attached hydrogens (tertiary/aromatic N) is 1. The molecule has 2 aromatic carbocycles. The highest BCUT2D eigenvalue weighted by molar-refractivity contribution is 14.1. The lowest BCUT2D eigenvalue weighted by Gasteiger charge is -2.19. The lowest BCUT2D eigenvalue weighted by Crippen LogP contribution is -2.25. The number of rotatable bonds is 8. The van der Waals surface area contributed by atoms with Crippen LogP contribution in [0.4, 0.5) is 15.9 Å². The van der Waals surface area contributed by atoms with Gasteiger partial charge in [-0.15, -0.1) is 0 Å². The summed E-state index contributed by atoms with van der Waals surface area (Å²) in [6.45, 7) is 1.75. The summed E-state index contributed by atoms with van der Waals surface area (Å²) in [6.07, 6.45) is 2.61. The van der Waals surface area contributed by atoms with Gasteiger partial charge in [-0.25, -0.2) is 4.39 Å². The van der Waals surface area contributed by atoms with Gasteiger partial charge in [0, 0.05) is 34.2 Å². The number of anilines is 2. The van der Waals surface area contributed by atoms with Crippen molar-refractivity contribution in [1.82, 2.24) is 4.57 Å². The Labute approximate surface area is 209 Å². The summed E-state index contributed by atoms with van der Waals surface area (Å²) in [7, 11) is 1.44. The van der Waals surface area contributed by atoms with Crippen LogP contribution in [0.5, 0.6) is 11.5 Å². The molecule has 176 valence electrons. The fourth-order valence-corrected chi connectivity index (χ4v) is 4.15.